The SMILES string of the molecule is CCn1c(SCC(=O)Nc2cc([N+](=O)[O-])ccc2OC)nnc1-c1cc(Cl)ccc1OC. The van der Waals surface area contributed by atoms with Gasteiger partial charge in [0.15, 0.2) is 11.0 Å². The predicted molar refractivity (Wildman–Crippen MR) is 122 cm³/mol. The first kappa shape index (κ1) is 23.4. The van der Waals surface area contributed by atoms with E-state index in [0.717, 1.165) is 0 Å². The van der Waals surface area contributed by atoms with Crippen LogP contribution in [0.25, 0.3) is 11.4 Å². The molecule has 0 saturated carbocycles. The normalized spacial score (nSPS) is 10.6. The molecule has 32 heavy (non-hydrogen) atoms. The summed E-state index contributed by atoms with van der Waals surface area (Å²) in [5, 5.41) is 23.2. The molecule has 1 N–H and O–H groups in total. The van der Waals surface area contributed by atoms with Crippen LogP contribution >= 0.6 is 23.4 Å². The maximum atomic E-state index is 12.5. The molecule has 168 valence electrons. The molecule has 0 bridgehead atoms. The first-order valence-corrected chi connectivity index (χ1v) is 10.8. The Labute approximate surface area is 193 Å². The third-order valence-corrected chi connectivity index (χ3v) is 5.64. The number of hydrogen-bond acceptors (Lipinski definition) is 8. The number of carbonyl (C=O) groups excluding carboxylic acids is 1. The zero-order valence-electron chi connectivity index (χ0n) is 17.5. The molecule has 0 radical (unpaired) electrons. The third-order valence-electron chi connectivity index (χ3n) is 4.44. The second-order valence-electron chi connectivity index (χ2n) is 6.37. The minimum atomic E-state index is -0.542. The van der Waals surface area contributed by atoms with Crippen LogP contribution in [0, 0.1) is 10.1 Å². The van der Waals surface area contributed by atoms with Gasteiger partial charge in [-0.25, -0.2) is 0 Å². The maximum Gasteiger partial charge on any atom is 0.271 e. The van der Waals surface area contributed by atoms with Crippen molar-refractivity contribution in [3.8, 4) is 22.9 Å². The topological polar surface area (TPSA) is 121 Å². The lowest BCUT2D eigenvalue weighted by atomic mass is 10.2. The fourth-order valence-electron chi connectivity index (χ4n) is 2.96. The van der Waals surface area contributed by atoms with Crippen LogP contribution in [0.15, 0.2) is 41.6 Å². The summed E-state index contributed by atoms with van der Waals surface area (Å²) in [4.78, 5) is 23.0. The van der Waals surface area contributed by atoms with E-state index in [1.54, 1.807) is 25.3 Å². The lowest BCUT2D eigenvalue weighted by Gasteiger charge is -2.11. The Morgan fingerprint density at radius 2 is 1.91 bits per heavy atom. The van der Waals surface area contributed by atoms with Gasteiger partial charge in [0, 0.05) is 23.7 Å². The summed E-state index contributed by atoms with van der Waals surface area (Å²) in [6.07, 6.45) is 0. The number of thioether (sulfide) groups is 1. The molecule has 0 unspecified atom stereocenters. The van der Waals surface area contributed by atoms with Crippen molar-refractivity contribution in [2.75, 3.05) is 25.3 Å². The maximum absolute atomic E-state index is 12.5. The summed E-state index contributed by atoms with van der Waals surface area (Å²) < 4.78 is 12.4. The number of carbonyl (C=O) groups is 1. The Hall–Kier alpha value is -3.31. The highest BCUT2D eigenvalue weighted by Gasteiger charge is 2.19. The van der Waals surface area contributed by atoms with Gasteiger partial charge < -0.3 is 19.4 Å². The second kappa shape index (κ2) is 10.3. The van der Waals surface area contributed by atoms with Crippen LogP contribution in [0.1, 0.15) is 6.92 Å². The number of nitro groups is 1. The van der Waals surface area contributed by atoms with Crippen molar-refractivity contribution < 1.29 is 19.2 Å². The number of non-ortho nitro benzene ring substituents is 1. The molecule has 0 fully saturated rings. The van der Waals surface area contributed by atoms with Crippen LogP contribution in [-0.4, -0.2) is 45.6 Å². The highest BCUT2D eigenvalue weighted by molar-refractivity contribution is 7.99. The molecule has 2 aromatic carbocycles. The van der Waals surface area contributed by atoms with Gasteiger partial charge >= 0.3 is 0 Å². The summed E-state index contributed by atoms with van der Waals surface area (Å²) in [6, 6.07) is 9.20. The molecule has 0 aliphatic carbocycles. The molecule has 12 heteroatoms. The number of amides is 1. The summed E-state index contributed by atoms with van der Waals surface area (Å²) in [7, 11) is 2.97. The highest BCUT2D eigenvalue weighted by Crippen LogP contribution is 2.33. The number of anilines is 1. The van der Waals surface area contributed by atoms with Crippen LogP contribution < -0.4 is 14.8 Å². The number of nitrogens with zero attached hydrogens (tertiary/aromatic N) is 4. The van der Waals surface area contributed by atoms with Gasteiger partial charge in [-0.05, 0) is 31.2 Å². The highest BCUT2D eigenvalue weighted by atomic mass is 35.5. The van der Waals surface area contributed by atoms with E-state index in [1.165, 1.54) is 37.1 Å². The minimum absolute atomic E-state index is 0.0106. The third kappa shape index (κ3) is 5.11. The average molecular weight is 478 g/mol. The summed E-state index contributed by atoms with van der Waals surface area (Å²) in [6.45, 7) is 2.49. The van der Waals surface area contributed by atoms with Crippen molar-refractivity contribution in [3.05, 3.63) is 51.5 Å². The van der Waals surface area contributed by atoms with Crippen molar-refractivity contribution in [3.63, 3.8) is 0 Å². The Bertz CT molecular complexity index is 1150. The van der Waals surface area contributed by atoms with E-state index < -0.39 is 4.92 Å². The van der Waals surface area contributed by atoms with Gasteiger partial charge in [0.1, 0.15) is 11.5 Å². The Balaban J connectivity index is 1.77. The molecule has 1 amide bonds. The minimum Gasteiger partial charge on any atom is -0.496 e. The van der Waals surface area contributed by atoms with Crippen molar-refractivity contribution in [1.29, 1.82) is 0 Å². The smallest absolute Gasteiger partial charge is 0.271 e. The fourth-order valence-corrected chi connectivity index (χ4v) is 3.93. The van der Waals surface area contributed by atoms with Crippen molar-refractivity contribution >= 4 is 40.6 Å². The molecule has 1 heterocycles. The van der Waals surface area contributed by atoms with Crippen LogP contribution in [0.5, 0.6) is 11.5 Å². The number of halogens is 1. The molecule has 1 aromatic heterocycles. The van der Waals surface area contributed by atoms with Gasteiger partial charge in [0.05, 0.1) is 36.1 Å². The van der Waals surface area contributed by atoms with Crippen molar-refractivity contribution in [2.24, 2.45) is 0 Å². The fraction of sp³-hybridized carbons (Fsp3) is 0.250. The first-order chi connectivity index (χ1) is 15.4. The molecule has 10 nitrogen and oxygen atoms in total. The number of nitrogens with one attached hydrogen (secondary N) is 1. The van der Waals surface area contributed by atoms with Crippen LogP contribution in [0.3, 0.4) is 0 Å². The van der Waals surface area contributed by atoms with E-state index in [2.05, 4.69) is 15.5 Å². The number of benzene rings is 2. The summed E-state index contributed by atoms with van der Waals surface area (Å²) in [5.41, 5.74) is 0.750. The van der Waals surface area contributed by atoms with Crippen LogP contribution in [0.2, 0.25) is 5.02 Å². The van der Waals surface area contributed by atoms with Gasteiger partial charge in [-0.3, -0.25) is 14.9 Å². The van der Waals surface area contributed by atoms with Gasteiger partial charge in [-0.15, -0.1) is 10.2 Å². The second-order valence-corrected chi connectivity index (χ2v) is 7.75. The first-order valence-electron chi connectivity index (χ1n) is 9.40. The molecule has 0 saturated heterocycles. The van der Waals surface area contributed by atoms with E-state index in [4.69, 9.17) is 21.1 Å². The largest absolute Gasteiger partial charge is 0.496 e. The number of aromatic nitrogens is 3. The zero-order chi connectivity index (χ0) is 23.3. The van der Waals surface area contributed by atoms with Crippen molar-refractivity contribution in [1.82, 2.24) is 14.8 Å². The molecule has 3 aromatic rings. The van der Waals surface area contributed by atoms with E-state index in [9.17, 15) is 14.9 Å². The number of rotatable bonds is 9. The molecule has 0 aliphatic rings. The predicted octanol–water partition coefficient (Wildman–Crippen LogP) is 4.27. The number of hydrogen-bond donors (Lipinski definition) is 1. The van der Waals surface area contributed by atoms with E-state index in [1.807, 2.05) is 11.5 Å². The van der Waals surface area contributed by atoms with Gasteiger partial charge in [-0.1, -0.05) is 23.4 Å². The number of methoxy groups -OCH3 is 2. The van der Waals surface area contributed by atoms with E-state index in [0.29, 0.717) is 39.6 Å². The lowest BCUT2D eigenvalue weighted by molar-refractivity contribution is -0.384. The Kier molecular flexibility index (Phi) is 7.54. The summed E-state index contributed by atoms with van der Waals surface area (Å²) in [5.74, 6) is 1.12. The molecule has 0 aliphatic heterocycles. The van der Waals surface area contributed by atoms with Gasteiger partial charge in [-0.2, -0.15) is 0 Å². The Morgan fingerprint density at radius 3 is 2.56 bits per heavy atom. The van der Waals surface area contributed by atoms with Gasteiger partial charge in [0.2, 0.25) is 5.91 Å². The average Bonchev–Trinajstić information content (AvgIpc) is 3.20. The number of nitro benzene ring substituents is 1. The van der Waals surface area contributed by atoms with Crippen LogP contribution in [0.4, 0.5) is 11.4 Å². The molecule has 0 atom stereocenters. The molecule has 3 rings (SSSR count). The lowest BCUT2D eigenvalue weighted by Crippen LogP contribution is -2.15. The standard InChI is InChI=1S/C20H20ClN5O5S/c1-4-25-19(14-9-12(21)5-7-16(14)30-2)23-24-20(25)32-11-18(27)22-15-10-13(26(28)29)6-8-17(15)31-3/h5-10H,4,11H2,1-3H3,(H,22,27). The molecular weight excluding hydrogens is 458 g/mol. The van der Waals surface area contributed by atoms with Crippen LogP contribution in [-0.2, 0) is 11.3 Å². The monoisotopic (exact) mass is 477 g/mol. The number of ether oxygens (including phenoxy) is 2. The van der Waals surface area contributed by atoms with Crippen molar-refractivity contribution in [2.45, 2.75) is 18.6 Å². The quantitative estimate of drug-likeness (QED) is 0.275. The van der Waals surface area contributed by atoms with Gasteiger partial charge in [0.25, 0.3) is 5.69 Å². The molecule has 0 spiro atoms. The van der Waals surface area contributed by atoms with E-state index in [-0.39, 0.29) is 23.0 Å². The molecular formula is C20H20ClN5O5S. The van der Waals surface area contributed by atoms with E-state index >= 15 is 0 Å². The summed E-state index contributed by atoms with van der Waals surface area (Å²) >= 11 is 7.32. The zero-order valence-corrected chi connectivity index (χ0v) is 19.1. The Morgan fingerprint density at radius 1 is 1.19 bits per heavy atom.